The number of fused-ring (bicyclic) bond motifs is 1. The quantitative estimate of drug-likeness (QED) is 0.700. The van der Waals surface area contributed by atoms with Gasteiger partial charge in [0.25, 0.3) is 0 Å². The molecule has 1 aromatic heterocycles. The van der Waals surface area contributed by atoms with Gasteiger partial charge < -0.3 is 4.57 Å². The maximum atomic E-state index is 12.0. The molecule has 72 valence electrons. The highest BCUT2D eigenvalue weighted by molar-refractivity contribution is 5.16. The van der Waals surface area contributed by atoms with Crippen LogP contribution in [0.2, 0.25) is 0 Å². The van der Waals surface area contributed by atoms with Gasteiger partial charge in [-0.2, -0.15) is 0 Å². The van der Waals surface area contributed by atoms with E-state index in [0.29, 0.717) is 6.42 Å². The average molecular weight is 182 g/mol. The molecule has 0 radical (unpaired) electrons. The van der Waals surface area contributed by atoms with Crippen LogP contribution in [-0.4, -0.2) is 16.2 Å². The highest BCUT2D eigenvalue weighted by Gasteiger charge is 2.14. The Labute approximate surface area is 77.8 Å². The number of halogens is 1. The van der Waals surface area contributed by atoms with E-state index in [0.717, 1.165) is 19.4 Å². The molecule has 1 aliphatic carbocycles. The summed E-state index contributed by atoms with van der Waals surface area (Å²) in [5, 5.41) is 0. The number of nitrogens with zero attached hydrogens (tertiary/aromatic N) is 2. The highest BCUT2D eigenvalue weighted by atomic mass is 19.1. The number of hydrogen-bond acceptors (Lipinski definition) is 1. The SMILES string of the molecule is FCCCn1cnc2c1CCCC2. The van der Waals surface area contributed by atoms with Crippen LogP contribution < -0.4 is 0 Å². The summed E-state index contributed by atoms with van der Waals surface area (Å²) in [5.41, 5.74) is 2.59. The third-order valence-electron chi connectivity index (χ3n) is 2.64. The number of aryl methyl sites for hydroxylation is 2. The van der Waals surface area contributed by atoms with Gasteiger partial charge in [-0.15, -0.1) is 0 Å². The van der Waals surface area contributed by atoms with Gasteiger partial charge in [0.1, 0.15) is 0 Å². The van der Waals surface area contributed by atoms with Gasteiger partial charge in [-0.05, 0) is 32.1 Å². The van der Waals surface area contributed by atoms with E-state index >= 15 is 0 Å². The molecule has 0 bridgehead atoms. The van der Waals surface area contributed by atoms with Crippen LogP contribution in [0, 0.1) is 0 Å². The third-order valence-corrected chi connectivity index (χ3v) is 2.64. The summed E-state index contributed by atoms with van der Waals surface area (Å²) in [6, 6.07) is 0. The highest BCUT2D eigenvalue weighted by Crippen LogP contribution is 2.19. The number of hydrogen-bond donors (Lipinski definition) is 0. The lowest BCUT2D eigenvalue weighted by Crippen LogP contribution is -2.08. The maximum Gasteiger partial charge on any atom is 0.0951 e. The summed E-state index contributed by atoms with van der Waals surface area (Å²) < 4.78 is 14.1. The largest absolute Gasteiger partial charge is 0.334 e. The molecule has 0 atom stereocenters. The van der Waals surface area contributed by atoms with Crippen LogP contribution in [0.4, 0.5) is 4.39 Å². The van der Waals surface area contributed by atoms with Crippen molar-refractivity contribution < 1.29 is 4.39 Å². The van der Waals surface area contributed by atoms with Crippen LogP contribution in [0.5, 0.6) is 0 Å². The van der Waals surface area contributed by atoms with Gasteiger partial charge in [0.15, 0.2) is 0 Å². The second-order valence-electron chi connectivity index (χ2n) is 3.58. The monoisotopic (exact) mass is 182 g/mol. The van der Waals surface area contributed by atoms with Gasteiger partial charge in [0.05, 0.1) is 18.7 Å². The lowest BCUT2D eigenvalue weighted by Gasteiger charge is -2.13. The van der Waals surface area contributed by atoms with E-state index in [2.05, 4.69) is 9.55 Å². The minimum Gasteiger partial charge on any atom is -0.334 e. The van der Waals surface area contributed by atoms with Gasteiger partial charge in [-0.25, -0.2) is 4.98 Å². The van der Waals surface area contributed by atoms with Crippen LogP contribution in [0.1, 0.15) is 30.7 Å². The summed E-state index contributed by atoms with van der Waals surface area (Å²) in [7, 11) is 0. The fourth-order valence-electron chi connectivity index (χ4n) is 1.95. The molecule has 0 fully saturated rings. The van der Waals surface area contributed by atoms with Gasteiger partial charge in [0.2, 0.25) is 0 Å². The minimum absolute atomic E-state index is 0.229. The van der Waals surface area contributed by atoms with Gasteiger partial charge in [-0.1, -0.05) is 0 Å². The van der Waals surface area contributed by atoms with Crippen molar-refractivity contribution in [3.05, 3.63) is 17.7 Å². The van der Waals surface area contributed by atoms with E-state index in [4.69, 9.17) is 0 Å². The molecule has 0 spiro atoms. The molecule has 1 aromatic rings. The Morgan fingerprint density at radius 1 is 1.38 bits per heavy atom. The van der Waals surface area contributed by atoms with Crippen LogP contribution in [0.25, 0.3) is 0 Å². The Morgan fingerprint density at radius 3 is 3.08 bits per heavy atom. The summed E-state index contributed by atoms with van der Waals surface area (Å²) in [6.45, 7) is 0.561. The van der Waals surface area contributed by atoms with Crippen molar-refractivity contribution in [3.8, 4) is 0 Å². The molecule has 0 aromatic carbocycles. The maximum absolute atomic E-state index is 12.0. The number of rotatable bonds is 3. The first-order chi connectivity index (χ1) is 6.42. The lowest BCUT2D eigenvalue weighted by atomic mass is 10.0. The molecule has 0 aliphatic heterocycles. The van der Waals surface area contributed by atoms with Crippen molar-refractivity contribution in [3.63, 3.8) is 0 Å². The predicted octanol–water partition coefficient (Wildman–Crippen LogP) is 2.12. The first-order valence-corrected chi connectivity index (χ1v) is 5.00. The Kier molecular flexibility index (Phi) is 2.62. The van der Waals surface area contributed by atoms with Crippen LogP contribution in [0.15, 0.2) is 6.33 Å². The summed E-state index contributed by atoms with van der Waals surface area (Å²) in [6.07, 6.45) is 7.23. The fourth-order valence-corrected chi connectivity index (χ4v) is 1.95. The van der Waals surface area contributed by atoms with Crippen molar-refractivity contribution in [2.24, 2.45) is 0 Å². The lowest BCUT2D eigenvalue weighted by molar-refractivity contribution is 0.441. The molecule has 2 rings (SSSR count). The molecular formula is C10H15FN2. The molecule has 0 unspecified atom stereocenters. The van der Waals surface area contributed by atoms with Crippen LogP contribution in [-0.2, 0) is 19.4 Å². The van der Waals surface area contributed by atoms with E-state index in [9.17, 15) is 4.39 Å². The van der Waals surface area contributed by atoms with Crippen molar-refractivity contribution in [1.29, 1.82) is 0 Å². The van der Waals surface area contributed by atoms with E-state index in [1.807, 2.05) is 6.33 Å². The Morgan fingerprint density at radius 2 is 2.23 bits per heavy atom. The number of alkyl halides is 1. The molecule has 0 amide bonds. The van der Waals surface area contributed by atoms with Gasteiger partial charge >= 0.3 is 0 Å². The first-order valence-electron chi connectivity index (χ1n) is 5.00. The van der Waals surface area contributed by atoms with Gasteiger partial charge in [0, 0.05) is 12.2 Å². The molecule has 0 saturated carbocycles. The topological polar surface area (TPSA) is 17.8 Å². The van der Waals surface area contributed by atoms with Crippen molar-refractivity contribution in [2.75, 3.05) is 6.67 Å². The minimum atomic E-state index is -0.229. The molecular weight excluding hydrogens is 167 g/mol. The molecule has 0 saturated heterocycles. The molecule has 1 heterocycles. The number of imidazole rings is 1. The van der Waals surface area contributed by atoms with Crippen molar-refractivity contribution in [2.45, 2.75) is 38.6 Å². The smallest absolute Gasteiger partial charge is 0.0951 e. The molecule has 2 nitrogen and oxygen atoms in total. The Hall–Kier alpha value is -0.860. The summed E-state index contributed by atoms with van der Waals surface area (Å²) in [5.74, 6) is 0. The predicted molar refractivity (Wildman–Crippen MR) is 49.5 cm³/mol. The van der Waals surface area contributed by atoms with Crippen molar-refractivity contribution in [1.82, 2.24) is 9.55 Å². The Bertz CT molecular complexity index is 280. The molecule has 13 heavy (non-hydrogen) atoms. The second-order valence-corrected chi connectivity index (χ2v) is 3.58. The first kappa shape index (κ1) is 8.73. The Balaban J connectivity index is 2.12. The molecule has 1 aliphatic rings. The van der Waals surface area contributed by atoms with Crippen molar-refractivity contribution >= 4 is 0 Å². The van der Waals surface area contributed by atoms with E-state index in [1.54, 1.807) is 0 Å². The van der Waals surface area contributed by atoms with E-state index < -0.39 is 0 Å². The average Bonchev–Trinajstić information content (AvgIpc) is 2.58. The standard InChI is InChI=1S/C10H15FN2/c11-6-3-7-13-8-12-9-4-1-2-5-10(9)13/h8H,1-7H2. The normalized spacial score (nSPS) is 15.8. The second kappa shape index (κ2) is 3.90. The zero-order valence-electron chi connectivity index (χ0n) is 7.80. The van der Waals surface area contributed by atoms with E-state index in [1.165, 1.54) is 24.2 Å². The molecule has 0 N–H and O–H groups in total. The zero-order valence-corrected chi connectivity index (χ0v) is 7.80. The van der Waals surface area contributed by atoms with Gasteiger partial charge in [-0.3, -0.25) is 4.39 Å². The van der Waals surface area contributed by atoms with Crippen LogP contribution >= 0.6 is 0 Å². The third kappa shape index (κ3) is 1.74. The molecule has 3 heteroatoms. The zero-order chi connectivity index (χ0) is 9.10. The summed E-state index contributed by atoms with van der Waals surface area (Å²) in [4.78, 5) is 4.35. The van der Waals surface area contributed by atoms with Crippen LogP contribution in [0.3, 0.4) is 0 Å². The summed E-state index contributed by atoms with van der Waals surface area (Å²) >= 11 is 0. The van der Waals surface area contributed by atoms with E-state index in [-0.39, 0.29) is 6.67 Å². The fraction of sp³-hybridized carbons (Fsp3) is 0.700. The number of aromatic nitrogens is 2.